The highest BCUT2D eigenvalue weighted by molar-refractivity contribution is 6.96. The zero-order chi connectivity index (χ0) is 32.4. The van der Waals surface area contributed by atoms with E-state index in [1.807, 2.05) is 48.5 Å². The highest BCUT2D eigenvalue weighted by atomic mass is 28.5. The molecule has 0 aliphatic carbocycles. The van der Waals surface area contributed by atoms with Crippen molar-refractivity contribution in [1.82, 2.24) is 0 Å². The molecular weight excluding hydrogens is 621 g/mol. The minimum absolute atomic E-state index is 0.705. The second-order valence-electron chi connectivity index (χ2n) is 14.7. The number of benzene rings is 2. The molecule has 0 bridgehead atoms. The zero-order valence-electron chi connectivity index (χ0n) is 28.7. The number of hydrogen-bond donors (Lipinski definition) is 2. The van der Waals surface area contributed by atoms with Gasteiger partial charge in [0, 0.05) is 19.4 Å². The van der Waals surface area contributed by atoms with Crippen LogP contribution in [0.4, 0.5) is 11.4 Å². The summed E-state index contributed by atoms with van der Waals surface area (Å²) in [7, 11) is -9.92. The van der Waals surface area contributed by atoms with Gasteiger partial charge in [-0.3, -0.25) is 0 Å². The van der Waals surface area contributed by atoms with Gasteiger partial charge in [-0.05, 0) is 125 Å². The standard InChI is InChI=1S/C31H60N2O5Si5/c1-39(2,25-13-11-23-34-30-19-15-28(32)16-20-30)27-41(5,6)37-43(9,10)38-42(7,8)36-40(3,4)26-14-12-24-35-31-21-17-29(33)18-22-31/h15-22H,11-14,23-27,32-33H2,1-10H3. The molecular formula is C31H60N2O5Si5. The van der Waals surface area contributed by atoms with Crippen LogP contribution in [0.2, 0.25) is 83.2 Å². The number of nitrogen functional groups attached to an aromatic ring is 2. The third-order valence-corrected chi connectivity index (χ3v) is 29.9. The van der Waals surface area contributed by atoms with E-state index in [-0.39, 0.29) is 0 Å². The fourth-order valence-corrected chi connectivity index (χ4v) is 36.2. The van der Waals surface area contributed by atoms with Crippen molar-refractivity contribution in [3.05, 3.63) is 48.5 Å². The van der Waals surface area contributed by atoms with Crippen LogP contribution in [-0.4, -0.2) is 55.0 Å². The Morgan fingerprint density at radius 2 is 0.884 bits per heavy atom. The van der Waals surface area contributed by atoms with Gasteiger partial charge >= 0.3 is 17.1 Å². The Morgan fingerprint density at radius 1 is 0.488 bits per heavy atom. The summed E-state index contributed by atoms with van der Waals surface area (Å²) in [5.41, 5.74) is 14.3. The average Bonchev–Trinajstić information content (AvgIpc) is 2.82. The number of ether oxygens (including phenoxy) is 2. The van der Waals surface area contributed by atoms with Crippen LogP contribution in [-0.2, 0) is 12.3 Å². The summed E-state index contributed by atoms with van der Waals surface area (Å²) in [5.74, 6) is 1.76. The minimum Gasteiger partial charge on any atom is -0.494 e. The molecule has 0 saturated heterocycles. The Hall–Kier alpha value is -1.40. The lowest BCUT2D eigenvalue weighted by atomic mass is 10.3. The molecule has 2 rings (SSSR count). The summed E-state index contributed by atoms with van der Waals surface area (Å²) >= 11 is 0. The number of nitrogens with two attached hydrogens (primary N) is 2. The monoisotopic (exact) mass is 680 g/mol. The predicted octanol–water partition coefficient (Wildman–Crippen LogP) is 8.98. The SMILES string of the molecule is C[Si](C)(CCCCOc1ccc(N)cc1)C[Si](C)(C)O[Si](C)(C)O[Si](C)(C)O[Si](C)(C)CCCCOc1ccc(N)cc1. The molecule has 2 aromatic rings. The summed E-state index contributed by atoms with van der Waals surface area (Å²) < 4.78 is 32.4. The van der Waals surface area contributed by atoms with Crippen LogP contribution in [0.5, 0.6) is 11.5 Å². The predicted molar refractivity (Wildman–Crippen MR) is 196 cm³/mol. The number of rotatable bonds is 20. The maximum atomic E-state index is 6.97. The molecule has 12 heteroatoms. The lowest BCUT2D eigenvalue weighted by Crippen LogP contribution is -2.57. The molecule has 0 aromatic heterocycles. The van der Waals surface area contributed by atoms with Crippen molar-refractivity contribution in [2.75, 3.05) is 24.7 Å². The van der Waals surface area contributed by atoms with Gasteiger partial charge in [0.15, 0.2) is 16.6 Å². The first-order valence-corrected chi connectivity index (χ1v) is 31.1. The Balaban J connectivity index is 1.74. The fraction of sp³-hybridized carbons (Fsp3) is 0.613. The molecule has 2 aromatic carbocycles. The van der Waals surface area contributed by atoms with Gasteiger partial charge in [0.05, 0.1) is 13.2 Å². The van der Waals surface area contributed by atoms with Gasteiger partial charge in [-0.15, -0.1) is 0 Å². The molecule has 4 N–H and O–H groups in total. The second kappa shape index (κ2) is 16.2. The van der Waals surface area contributed by atoms with Crippen molar-refractivity contribution >= 4 is 53.2 Å². The molecule has 7 nitrogen and oxygen atoms in total. The van der Waals surface area contributed by atoms with Gasteiger partial charge < -0.3 is 33.3 Å². The third-order valence-electron chi connectivity index (χ3n) is 7.16. The molecule has 0 atom stereocenters. The zero-order valence-corrected chi connectivity index (χ0v) is 33.7. The Labute approximate surface area is 267 Å². The van der Waals surface area contributed by atoms with E-state index in [0.29, 0.717) is 6.61 Å². The molecule has 244 valence electrons. The van der Waals surface area contributed by atoms with Crippen molar-refractivity contribution in [2.24, 2.45) is 0 Å². The van der Waals surface area contributed by atoms with Crippen LogP contribution in [0.3, 0.4) is 0 Å². The number of unbranched alkanes of at least 4 members (excludes halogenated alkanes) is 2. The van der Waals surface area contributed by atoms with Crippen LogP contribution in [0.1, 0.15) is 25.7 Å². The molecule has 0 aliphatic heterocycles. The molecule has 0 unspecified atom stereocenters. The summed E-state index contributed by atoms with van der Waals surface area (Å²) in [5, 5.41) is 0. The lowest BCUT2D eigenvalue weighted by molar-refractivity contribution is 0.307. The van der Waals surface area contributed by atoms with E-state index in [4.69, 9.17) is 33.3 Å². The first-order chi connectivity index (χ1) is 19.8. The van der Waals surface area contributed by atoms with E-state index in [0.717, 1.165) is 54.8 Å². The highest BCUT2D eigenvalue weighted by Gasteiger charge is 2.44. The Morgan fingerprint density at radius 3 is 1.33 bits per heavy atom. The fourth-order valence-electron chi connectivity index (χ4n) is 6.16. The van der Waals surface area contributed by atoms with E-state index >= 15 is 0 Å². The first kappa shape index (κ1) is 37.8. The van der Waals surface area contributed by atoms with Crippen LogP contribution < -0.4 is 20.9 Å². The van der Waals surface area contributed by atoms with Crippen molar-refractivity contribution in [2.45, 2.75) is 109 Å². The average molecular weight is 681 g/mol. The normalized spacial score (nSPS) is 13.3. The second-order valence-corrected chi connectivity index (χ2v) is 36.5. The van der Waals surface area contributed by atoms with E-state index in [1.54, 1.807) is 0 Å². The van der Waals surface area contributed by atoms with Gasteiger partial charge in [0.1, 0.15) is 11.5 Å². The highest BCUT2D eigenvalue weighted by Crippen LogP contribution is 2.31. The quantitative estimate of drug-likeness (QED) is 0.0818. The molecule has 0 heterocycles. The summed E-state index contributed by atoms with van der Waals surface area (Å²) in [6.45, 7) is 24.7. The Kier molecular flexibility index (Phi) is 14.3. The van der Waals surface area contributed by atoms with Crippen LogP contribution in [0.25, 0.3) is 0 Å². The van der Waals surface area contributed by atoms with Crippen molar-refractivity contribution < 1.29 is 21.8 Å². The molecule has 0 saturated carbocycles. The number of anilines is 2. The molecule has 43 heavy (non-hydrogen) atoms. The van der Waals surface area contributed by atoms with Crippen LogP contribution in [0.15, 0.2) is 48.5 Å². The smallest absolute Gasteiger partial charge is 0.312 e. The van der Waals surface area contributed by atoms with E-state index in [2.05, 4.69) is 65.5 Å². The van der Waals surface area contributed by atoms with Crippen molar-refractivity contribution in [3.8, 4) is 11.5 Å². The minimum atomic E-state index is -2.36. The van der Waals surface area contributed by atoms with Gasteiger partial charge in [-0.25, -0.2) is 0 Å². The largest absolute Gasteiger partial charge is 0.494 e. The van der Waals surface area contributed by atoms with Crippen molar-refractivity contribution in [3.63, 3.8) is 0 Å². The molecule has 0 aliphatic rings. The topological polar surface area (TPSA) is 98.2 Å². The molecule has 0 spiro atoms. The van der Waals surface area contributed by atoms with Gasteiger partial charge in [0.25, 0.3) is 0 Å². The number of hydrogen-bond acceptors (Lipinski definition) is 7. The maximum absolute atomic E-state index is 6.97. The lowest BCUT2D eigenvalue weighted by Gasteiger charge is -2.42. The molecule has 0 amide bonds. The summed E-state index contributed by atoms with van der Waals surface area (Å²) in [4.78, 5) is 0. The van der Waals surface area contributed by atoms with Gasteiger partial charge in [-0.2, -0.15) is 0 Å². The van der Waals surface area contributed by atoms with E-state index in [1.165, 1.54) is 18.1 Å². The summed E-state index contributed by atoms with van der Waals surface area (Å²) in [6.07, 6.45) is 4.35. The third kappa shape index (κ3) is 16.5. The van der Waals surface area contributed by atoms with Gasteiger partial charge in [-0.1, -0.05) is 32.0 Å². The van der Waals surface area contributed by atoms with E-state index < -0.39 is 41.8 Å². The molecule has 0 fully saturated rings. The first-order valence-electron chi connectivity index (χ1n) is 15.8. The van der Waals surface area contributed by atoms with Crippen molar-refractivity contribution in [1.29, 1.82) is 0 Å². The summed E-state index contributed by atoms with van der Waals surface area (Å²) in [6, 6.07) is 17.6. The van der Waals surface area contributed by atoms with Crippen LogP contribution in [0, 0.1) is 0 Å². The van der Waals surface area contributed by atoms with E-state index in [9.17, 15) is 0 Å². The molecule has 0 radical (unpaired) electrons. The van der Waals surface area contributed by atoms with Crippen LogP contribution >= 0.6 is 0 Å². The van der Waals surface area contributed by atoms with Gasteiger partial charge in [0.2, 0.25) is 0 Å². The Bertz CT molecular complexity index is 1010. The maximum Gasteiger partial charge on any atom is 0.312 e.